The van der Waals surface area contributed by atoms with E-state index in [1.807, 2.05) is 34.6 Å². The Kier molecular flexibility index (Phi) is 3.81. The van der Waals surface area contributed by atoms with Crippen LogP contribution in [0.5, 0.6) is 0 Å². The van der Waals surface area contributed by atoms with Crippen LogP contribution in [0.2, 0.25) is 0 Å². The lowest BCUT2D eigenvalue weighted by atomic mass is 9.97. The third kappa shape index (κ3) is 3.16. The minimum Gasteiger partial charge on any atom is -0.478 e. The molecule has 22 heavy (non-hydrogen) atoms. The van der Waals surface area contributed by atoms with Crippen molar-refractivity contribution in [2.24, 2.45) is 0 Å². The SMILES string of the molecule is CC(C)(C)OC(=O)N1c2ccc(C(=O)O)cc2NCC1(C)C. The fourth-order valence-corrected chi connectivity index (χ4v) is 2.38. The standard InChI is InChI=1S/C16H22N2O4/c1-15(2,3)22-14(21)18-12-7-6-10(13(19)20)8-11(12)17-9-16(18,4)5/h6-8,17H,9H2,1-5H3,(H,19,20). The summed E-state index contributed by atoms with van der Waals surface area (Å²) in [5.74, 6) is -1.00. The fraction of sp³-hybridized carbons (Fsp3) is 0.500. The van der Waals surface area contributed by atoms with Crippen molar-refractivity contribution in [3.63, 3.8) is 0 Å². The van der Waals surface area contributed by atoms with Gasteiger partial charge in [-0.25, -0.2) is 9.59 Å². The van der Waals surface area contributed by atoms with E-state index in [2.05, 4.69) is 5.32 Å². The van der Waals surface area contributed by atoms with E-state index in [1.54, 1.807) is 11.0 Å². The number of carbonyl (C=O) groups is 2. The van der Waals surface area contributed by atoms with E-state index in [9.17, 15) is 9.59 Å². The smallest absolute Gasteiger partial charge is 0.415 e. The minimum absolute atomic E-state index is 0.176. The number of aromatic carboxylic acids is 1. The second-order valence-corrected chi connectivity index (χ2v) is 7.02. The first-order valence-corrected chi connectivity index (χ1v) is 7.16. The number of benzene rings is 1. The number of nitrogens with zero attached hydrogens (tertiary/aromatic N) is 1. The fourth-order valence-electron chi connectivity index (χ4n) is 2.38. The number of carbonyl (C=O) groups excluding carboxylic acids is 1. The number of anilines is 2. The summed E-state index contributed by atoms with van der Waals surface area (Å²) in [6.07, 6.45) is -0.441. The maximum Gasteiger partial charge on any atom is 0.415 e. The van der Waals surface area contributed by atoms with Gasteiger partial charge in [-0.15, -0.1) is 0 Å². The molecule has 6 nitrogen and oxygen atoms in total. The number of fused-ring (bicyclic) bond motifs is 1. The van der Waals surface area contributed by atoms with Crippen LogP contribution in [0.25, 0.3) is 0 Å². The van der Waals surface area contributed by atoms with Crippen molar-refractivity contribution in [1.29, 1.82) is 0 Å². The second kappa shape index (κ2) is 5.19. The van der Waals surface area contributed by atoms with Gasteiger partial charge >= 0.3 is 12.1 Å². The predicted molar refractivity (Wildman–Crippen MR) is 84.7 cm³/mol. The quantitative estimate of drug-likeness (QED) is 0.832. The summed E-state index contributed by atoms with van der Waals surface area (Å²) in [7, 11) is 0. The summed E-state index contributed by atoms with van der Waals surface area (Å²) < 4.78 is 5.49. The lowest BCUT2D eigenvalue weighted by molar-refractivity contribution is 0.0546. The molecule has 0 atom stereocenters. The molecule has 1 aromatic carbocycles. The van der Waals surface area contributed by atoms with Crippen LogP contribution in [-0.2, 0) is 4.74 Å². The molecule has 0 aromatic heterocycles. The first kappa shape index (κ1) is 16.1. The molecule has 2 rings (SSSR count). The number of amides is 1. The summed E-state index contributed by atoms with van der Waals surface area (Å²) in [5, 5.41) is 12.3. The molecular formula is C16H22N2O4. The van der Waals surface area contributed by atoms with E-state index in [1.165, 1.54) is 12.1 Å². The van der Waals surface area contributed by atoms with Gasteiger partial charge in [0.05, 0.1) is 22.5 Å². The number of carboxylic acid groups (broad SMARTS) is 1. The number of hydrogen-bond donors (Lipinski definition) is 2. The molecule has 2 N–H and O–H groups in total. The first-order valence-electron chi connectivity index (χ1n) is 7.16. The van der Waals surface area contributed by atoms with Gasteiger partial charge in [0.1, 0.15) is 5.60 Å². The molecule has 0 spiro atoms. The molecule has 0 unspecified atom stereocenters. The molecular weight excluding hydrogens is 284 g/mol. The summed E-state index contributed by atoms with van der Waals surface area (Å²) in [6.45, 7) is 9.80. The Hall–Kier alpha value is -2.24. The van der Waals surface area contributed by atoms with Gasteiger partial charge in [0.15, 0.2) is 0 Å². The number of ether oxygens (including phenoxy) is 1. The van der Waals surface area contributed by atoms with Crippen LogP contribution >= 0.6 is 0 Å². The van der Waals surface area contributed by atoms with Gasteiger partial charge in [0.25, 0.3) is 0 Å². The van der Waals surface area contributed by atoms with Gasteiger partial charge < -0.3 is 15.2 Å². The molecule has 1 amide bonds. The van der Waals surface area contributed by atoms with Gasteiger partial charge in [-0.1, -0.05) is 0 Å². The lowest BCUT2D eigenvalue weighted by Crippen LogP contribution is -2.56. The van der Waals surface area contributed by atoms with Gasteiger partial charge in [-0.3, -0.25) is 4.90 Å². The third-order valence-corrected chi connectivity index (χ3v) is 3.38. The molecule has 1 aromatic rings. The number of hydrogen-bond acceptors (Lipinski definition) is 4. The van der Waals surface area contributed by atoms with E-state index < -0.39 is 23.2 Å². The summed E-state index contributed by atoms with van der Waals surface area (Å²) in [5.41, 5.74) is 0.329. The molecule has 0 radical (unpaired) electrons. The van der Waals surface area contributed by atoms with Crippen LogP contribution in [0.3, 0.4) is 0 Å². The number of carboxylic acids is 1. The Morgan fingerprint density at radius 1 is 1.32 bits per heavy atom. The summed E-state index contributed by atoms with van der Waals surface area (Å²) in [6, 6.07) is 4.66. The average molecular weight is 306 g/mol. The van der Waals surface area contributed by atoms with Crippen LogP contribution in [0.1, 0.15) is 45.0 Å². The Bertz CT molecular complexity index is 617. The van der Waals surface area contributed by atoms with Crippen molar-refractivity contribution in [3.8, 4) is 0 Å². The molecule has 0 aliphatic carbocycles. The summed E-state index contributed by atoms with van der Waals surface area (Å²) >= 11 is 0. The van der Waals surface area contributed by atoms with Crippen molar-refractivity contribution in [2.75, 3.05) is 16.8 Å². The largest absolute Gasteiger partial charge is 0.478 e. The van der Waals surface area contributed by atoms with Gasteiger partial charge in [-0.05, 0) is 52.8 Å². The highest BCUT2D eigenvalue weighted by Crippen LogP contribution is 2.37. The Balaban J connectivity index is 2.44. The topological polar surface area (TPSA) is 78.9 Å². The number of rotatable bonds is 1. The van der Waals surface area contributed by atoms with Crippen LogP contribution in [0, 0.1) is 0 Å². The lowest BCUT2D eigenvalue weighted by Gasteiger charge is -2.43. The summed E-state index contributed by atoms with van der Waals surface area (Å²) in [4.78, 5) is 25.2. The zero-order valence-electron chi connectivity index (χ0n) is 13.6. The highest BCUT2D eigenvalue weighted by atomic mass is 16.6. The van der Waals surface area contributed by atoms with Crippen LogP contribution < -0.4 is 10.2 Å². The molecule has 0 saturated carbocycles. The molecule has 120 valence electrons. The zero-order valence-corrected chi connectivity index (χ0v) is 13.6. The van der Waals surface area contributed by atoms with Gasteiger partial charge in [0.2, 0.25) is 0 Å². The normalized spacial score (nSPS) is 16.5. The monoisotopic (exact) mass is 306 g/mol. The molecule has 1 heterocycles. The maximum atomic E-state index is 12.6. The molecule has 1 aliphatic rings. The maximum absolute atomic E-state index is 12.6. The van der Waals surface area contributed by atoms with Gasteiger partial charge in [-0.2, -0.15) is 0 Å². The van der Waals surface area contributed by atoms with Crippen molar-refractivity contribution in [3.05, 3.63) is 23.8 Å². The third-order valence-electron chi connectivity index (χ3n) is 3.38. The van der Waals surface area contributed by atoms with Crippen molar-refractivity contribution < 1.29 is 19.4 Å². The minimum atomic E-state index is -1.00. The molecule has 1 aliphatic heterocycles. The average Bonchev–Trinajstić information content (AvgIpc) is 2.34. The van der Waals surface area contributed by atoms with Crippen molar-refractivity contribution >= 4 is 23.4 Å². The molecule has 0 saturated heterocycles. The van der Waals surface area contributed by atoms with E-state index in [4.69, 9.17) is 9.84 Å². The predicted octanol–water partition coefficient (Wildman–Crippen LogP) is 3.33. The highest BCUT2D eigenvalue weighted by Gasteiger charge is 2.39. The highest BCUT2D eigenvalue weighted by molar-refractivity contribution is 5.98. The zero-order chi connectivity index (χ0) is 16.7. The van der Waals surface area contributed by atoms with Crippen molar-refractivity contribution in [2.45, 2.75) is 45.8 Å². The van der Waals surface area contributed by atoms with Crippen LogP contribution in [-0.4, -0.2) is 34.9 Å². The van der Waals surface area contributed by atoms with Crippen LogP contribution in [0.15, 0.2) is 18.2 Å². The van der Waals surface area contributed by atoms with Crippen molar-refractivity contribution in [1.82, 2.24) is 0 Å². The Morgan fingerprint density at radius 3 is 2.50 bits per heavy atom. The Morgan fingerprint density at radius 2 is 1.95 bits per heavy atom. The van der Waals surface area contributed by atoms with E-state index in [-0.39, 0.29) is 5.56 Å². The van der Waals surface area contributed by atoms with Gasteiger partial charge in [0, 0.05) is 6.54 Å². The molecule has 0 bridgehead atoms. The van der Waals surface area contributed by atoms with E-state index >= 15 is 0 Å². The van der Waals surface area contributed by atoms with Crippen LogP contribution in [0.4, 0.5) is 16.2 Å². The number of nitrogens with one attached hydrogen (secondary N) is 1. The second-order valence-electron chi connectivity index (χ2n) is 7.02. The Labute approximate surface area is 130 Å². The molecule has 0 fully saturated rings. The van der Waals surface area contributed by atoms with E-state index in [0.29, 0.717) is 17.9 Å². The molecule has 6 heteroatoms. The van der Waals surface area contributed by atoms with E-state index in [0.717, 1.165) is 0 Å². The first-order chi connectivity index (χ1) is 10.0.